The SMILES string of the molecule is C[C@H](OC(=O)C[C@@H](CNc1cc(N2CCC(c3ccc4c(n3)CCCC4)CC2)ncn1)C(=O)O)C(=O)O. The second-order valence-electron chi connectivity index (χ2n) is 9.66. The number of aromatic nitrogens is 3. The normalized spacial score (nSPS) is 17.4. The number of carbonyl (C=O) groups excluding carboxylic acids is 1. The maximum absolute atomic E-state index is 11.9. The minimum Gasteiger partial charge on any atom is -0.481 e. The molecular weight excluding hydrogens is 478 g/mol. The fraction of sp³-hybridized carbons (Fsp3) is 0.538. The summed E-state index contributed by atoms with van der Waals surface area (Å²) in [6, 6.07) is 6.21. The van der Waals surface area contributed by atoms with Crippen molar-refractivity contribution in [2.45, 2.75) is 63.9 Å². The van der Waals surface area contributed by atoms with Gasteiger partial charge in [0.1, 0.15) is 18.0 Å². The van der Waals surface area contributed by atoms with Gasteiger partial charge in [-0.15, -0.1) is 0 Å². The molecule has 3 N–H and O–H groups in total. The molecule has 2 atom stereocenters. The van der Waals surface area contributed by atoms with Gasteiger partial charge in [-0.3, -0.25) is 14.6 Å². The van der Waals surface area contributed by atoms with E-state index in [4.69, 9.17) is 14.8 Å². The molecule has 2 aliphatic rings. The van der Waals surface area contributed by atoms with Crippen molar-refractivity contribution in [1.29, 1.82) is 0 Å². The molecular formula is C26H33N5O6. The van der Waals surface area contributed by atoms with Crippen molar-refractivity contribution in [1.82, 2.24) is 15.0 Å². The number of nitrogens with one attached hydrogen (secondary N) is 1. The molecule has 0 spiro atoms. The lowest BCUT2D eigenvalue weighted by atomic mass is 9.90. The highest BCUT2D eigenvalue weighted by Gasteiger charge is 2.26. The van der Waals surface area contributed by atoms with Gasteiger partial charge in [-0.05, 0) is 57.1 Å². The molecule has 4 rings (SSSR count). The maximum Gasteiger partial charge on any atom is 0.344 e. The Bertz CT molecular complexity index is 1130. The van der Waals surface area contributed by atoms with Crippen LogP contribution in [0.25, 0.3) is 0 Å². The molecule has 11 heteroatoms. The smallest absolute Gasteiger partial charge is 0.344 e. The molecule has 0 saturated carbocycles. The van der Waals surface area contributed by atoms with E-state index in [1.165, 1.54) is 43.0 Å². The third-order valence-electron chi connectivity index (χ3n) is 7.04. The Labute approximate surface area is 215 Å². The number of hydrogen-bond acceptors (Lipinski definition) is 9. The van der Waals surface area contributed by atoms with Gasteiger partial charge in [-0.1, -0.05) is 6.07 Å². The summed E-state index contributed by atoms with van der Waals surface area (Å²) in [6.07, 6.45) is 6.23. The van der Waals surface area contributed by atoms with Crippen LogP contribution in [0.15, 0.2) is 24.5 Å². The van der Waals surface area contributed by atoms with Crippen molar-refractivity contribution >= 4 is 29.5 Å². The van der Waals surface area contributed by atoms with E-state index in [0.717, 1.165) is 44.6 Å². The van der Waals surface area contributed by atoms with Crippen LogP contribution in [-0.4, -0.2) is 68.8 Å². The zero-order valence-electron chi connectivity index (χ0n) is 20.9. The molecule has 0 radical (unpaired) electrons. The Balaban J connectivity index is 1.31. The number of aliphatic carboxylic acids is 2. The third-order valence-corrected chi connectivity index (χ3v) is 7.04. The van der Waals surface area contributed by atoms with E-state index in [1.54, 1.807) is 6.07 Å². The molecule has 1 aliphatic heterocycles. The van der Waals surface area contributed by atoms with Crippen LogP contribution in [0.2, 0.25) is 0 Å². The molecule has 37 heavy (non-hydrogen) atoms. The number of anilines is 2. The molecule has 1 fully saturated rings. The summed E-state index contributed by atoms with van der Waals surface area (Å²) < 4.78 is 4.74. The van der Waals surface area contributed by atoms with Crippen molar-refractivity contribution in [3.8, 4) is 0 Å². The van der Waals surface area contributed by atoms with Crippen molar-refractivity contribution in [3.63, 3.8) is 0 Å². The maximum atomic E-state index is 11.9. The van der Waals surface area contributed by atoms with E-state index in [2.05, 4.69) is 32.3 Å². The van der Waals surface area contributed by atoms with Crippen LogP contribution in [0.4, 0.5) is 11.6 Å². The predicted molar refractivity (Wildman–Crippen MR) is 135 cm³/mol. The topological polar surface area (TPSA) is 155 Å². The van der Waals surface area contributed by atoms with Crippen LogP contribution in [-0.2, 0) is 32.0 Å². The largest absolute Gasteiger partial charge is 0.481 e. The zero-order valence-corrected chi connectivity index (χ0v) is 20.9. The second kappa shape index (κ2) is 12.0. The molecule has 11 nitrogen and oxygen atoms in total. The molecule has 198 valence electrons. The minimum atomic E-state index is -1.34. The molecule has 0 unspecified atom stereocenters. The highest BCUT2D eigenvalue weighted by molar-refractivity contribution is 5.81. The van der Waals surface area contributed by atoms with Crippen molar-refractivity contribution in [2.75, 3.05) is 29.9 Å². The number of pyridine rings is 1. The van der Waals surface area contributed by atoms with Crippen LogP contribution >= 0.6 is 0 Å². The lowest BCUT2D eigenvalue weighted by Gasteiger charge is -2.33. The second-order valence-corrected chi connectivity index (χ2v) is 9.66. The highest BCUT2D eigenvalue weighted by atomic mass is 16.6. The number of esters is 1. The molecule has 0 aromatic carbocycles. The third kappa shape index (κ3) is 6.93. The fourth-order valence-electron chi connectivity index (χ4n) is 4.82. The van der Waals surface area contributed by atoms with E-state index in [9.17, 15) is 19.5 Å². The van der Waals surface area contributed by atoms with Gasteiger partial charge >= 0.3 is 17.9 Å². The van der Waals surface area contributed by atoms with Gasteiger partial charge in [0.15, 0.2) is 6.10 Å². The van der Waals surface area contributed by atoms with Crippen LogP contribution in [0, 0.1) is 5.92 Å². The first kappa shape index (κ1) is 26.3. The van der Waals surface area contributed by atoms with Gasteiger partial charge < -0.3 is 25.2 Å². The summed E-state index contributed by atoms with van der Waals surface area (Å²) in [6.45, 7) is 2.79. The van der Waals surface area contributed by atoms with Gasteiger partial charge in [0.2, 0.25) is 0 Å². The van der Waals surface area contributed by atoms with Gasteiger partial charge in [0.25, 0.3) is 0 Å². The lowest BCUT2D eigenvalue weighted by Crippen LogP contribution is -2.34. The molecule has 0 bridgehead atoms. The average molecular weight is 512 g/mol. The zero-order chi connectivity index (χ0) is 26.4. The van der Waals surface area contributed by atoms with Crippen molar-refractivity contribution in [3.05, 3.63) is 41.5 Å². The predicted octanol–water partition coefficient (Wildman–Crippen LogP) is 2.65. The first-order valence-corrected chi connectivity index (χ1v) is 12.7. The number of carboxylic acid groups (broad SMARTS) is 2. The summed E-state index contributed by atoms with van der Waals surface area (Å²) in [7, 11) is 0. The fourth-order valence-corrected chi connectivity index (χ4v) is 4.82. The summed E-state index contributed by atoms with van der Waals surface area (Å²) in [4.78, 5) is 50.1. The molecule has 1 saturated heterocycles. The Morgan fingerprint density at radius 2 is 1.86 bits per heavy atom. The minimum absolute atomic E-state index is 0.0750. The Morgan fingerprint density at radius 3 is 2.59 bits per heavy atom. The van der Waals surface area contributed by atoms with E-state index >= 15 is 0 Å². The van der Waals surface area contributed by atoms with Crippen molar-refractivity contribution < 1.29 is 29.3 Å². The van der Waals surface area contributed by atoms with Gasteiger partial charge in [-0.25, -0.2) is 14.8 Å². The number of carboxylic acids is 2. The molecule has 2 aromatic heterocycles. The number of aryl methyl sites for hydroxylation is 2. The first-order valence-electron chi connectivity index (χ1n) is 12.7. The standard InChI is InChI=1S/C26H33N5O6/c1-16(25(33)34)37-24(32)12-19(26(35)36)14-27-22-13-23(29-15-28-22)31-10-8-18(9-11-31)21-7-6-17-4-2-3-5-20(17)30-21/h6-7,13,15-16,18-19H,2-5,8-12,14H2,1H3,(H,33,34)(H,35,36)(H,27,28,29)/t16-,19-/m0/s1. The average Bonchev–Trinajstić information content (AvgIpc) is 2.90. The lowest BCUT2D eigenvalue weighted by molar-refractivity contribution is -0.164. The van der Waals surface area contributed by atoms with Gasteiger partial charge in [-0.2, -0.15) is 0 Å². The summed E-state index contributed by atoms with van der Waals surface area (Å²) in [5, 5.41) is 21.3. The molecule has 2 aromatic rings. The van der Waals surface area contributed by atoms with Gasteiger partial charge in [0.05, 0.1) is 12.3 Å². The van der Waals surface area contributed by atoms with Gasteiger partial charge in [0, 0.05) is 43.0 Å². The summed E-state index contributed by atoms with van der Waals surface area (Å²) in [5.41, 5.74) is 3.84. The molecule has 3 heterocycles. The number of hydrogen-bond donors (Lipinski definition) is 3. The van der Waals surface area contributed by atoms with Crippen LogP contribution in [0.5, 0.6) is 0 Å². The first-order chi connectivity index (χ1) is 17.8. The quantitative estimate of drug-likeness (QED) is 0.403. The van der Waals surface area contributed by atoms with Crippen LogP contribution in [0.1, 0.15) is 61.9 Å². The monoisotopic (exact) mass is 511 g/mol. The van der Waals surface area contributed by atoms with Crippen molar-refractivity contribution in [2.24, 2.45) is 5.92 Å². The number of rotatable bonds is 10. The van der Waals surface area contributed by atoms with E-state index < -0.39 is 36.4 Å². The van der Waals surface area contributed by atoms with Crippen LogP contribution in [0.3, 0.4) is 0 Å². The van der Waals surface area contributed by atoms with Crippen LogP contribution < -0.4 is 10.2 Å². The highest BCUT2D eigenvalue weighted by Crippen LogP contribution is 2.31. The number of carbonyl (C=O) groups is 3. The number of fused-ring (bicyclic) bond motifs is 1. The molecule has 0 amide bonds. The molecule has 1 aliphatic carbocycles. The Kier molecular flexibility index (Phi) is 8.52. The summed E-state index contributed by atoms with van der Waals surface area (Å²) >= 11 is 0. The number of ether oxygens (including phenoxy) is 1. The summed E-state index contributed by atoms with van der Waals surface area (Å²) in [5.74, 6) is -2.87. The Morgan fingerprint density at radius 1 is 1.11 bits per heavy atom. The van der Waals surface area contributed by atoms with E-state index in [1.807, 2.05) is 0 Å². The number of nitrogens with zero attached hydrogens (tertiary/aromatic N) is 4. The Hall–Kier alpha value is -3.76. The van der Waals surface area contributed by atoms with E-state index in [-0.39, 0.29) is 6.54 Å². The van der Waals surface area contributed by atoms with E-state index in [0.29, 0.717) is 11.7 Å². The number of piperidine rings is 1.